The van der Waals surface area contributed by atoms with Gasteiger partial charge in [0.2, 0.25) is 0 Å². The number of pyridine rings is 2. The van der Waals surface area contributed by atoms with Gasteiger partial charge in [-0.2, -0.15) is 5.26 Å². The monoisotopic (exact) mass is 473 g/mol. The molecule has 3 heterocycles. The Labute approximate surface area is 206 Å². The molecule has 3 aromatic rings. The Morgan fingerprint density at radius 1 is 1.29 bits per heavy atom. The third kappa shape index (κ3) is 7.33. The zero-order valence-corrected chi connectivity index (χ0v) is 20.7. The smallest absolute Gasteiger partial charge is 0.164 e. The van der Waals surface area contributed by atoms with Crippen LogP contribution in [0.1, 0.15) is 56.8 Å². The number of nitrogens with one attached hydrogen (secondary N) is 3. The molecule has 0 amide bonds. The summed E-state index contributed by atoms with van der Waals surface area (Å²) in [6, 6.07) is 11.7. The maximum Gasteiger partial charge on any atom is 0.164 e. The highest BCUT2D eigenvalue weighted by atomic mass is 19.1. The van der Waals surface area contributed by atoms with Crippen LogP contribution >= 0.6 is 0 Å². The number of amidine groups is 1. The van der Waals surface area contributed by atoms with E-state index in [9.17, 15) is 9.65 Å². The number of aromatic nitrogens is 3. The molecule has 0 radical (unpaired) electrons. The lowest BCUT2D eigenvalue weighted by Gasteiger charge is -2.15. The summed E-state index contributed by atoms with van der Waals surface area (Å²) in [5.41, 5.74) is 3.94. The fraction of sp³-hybridized carbons (Fsp3) is 0.333. The molecule has 3 N–H and O–H groups in total. The highest BCUT2D eigenvalue weighted by molar-refractivity contribution is 6.09. The molecule has 0 saturated carbocycles. The summed E-state index contributed by atoms with van der Waals surface area (Å²) in [7, 11) is 0. The molecule has 8 heteroatoms. The number of aromatic amines is 1. The first-order chi connectivity index (χ1) is 16.8. The molecule has 0 unspecified atom stereocenters. The quantitative estimate of drug-likeness (QED) is 0.268. The van der Waals surface area contributed by atoms with Crippen molar-refractivity contribution < 1.29 is 4.39 Å². The molecular formula is C27H32FN7. The van der Waals surface area contributed by atoms with Crippen LogP contribution in [0.2, 0.25) is 0 Å². The molecule has 7 nitrogen and oxygen atoms in total. The normalized spacial score (nSPS) is 12.5. The molecule has 3 rings (SSSR count). The standard InChI is InChI=1S/C27H32FN7/c1-5-8-23(24-10-7-9-20(6-2)33-24)35-26(34-22-11-12-30-16-21(22)28)25-13-19(15-32-25)14-31-18-27(3,4)17-29/h7-13,15-16,31-32H,5-6,14,18H2,1-4H3,(H,30,34,35)/b23-8-. The molecule has 182 valence electrons. The van der Waals surface area contributed by atoms with Crippen molar-refractivity contribution in [2.45, 2.75) is 47.1 Å². The van der Waals surface area contributed by atoms with Crippen molar-refractivity contribution in [3.05, 3.63) is 83.5 Å². The average Bonchev–Trinajstić information content (AvgIpc) is 3.33. The summed E-state index contributed by atoms with van der Waals surface area (Å²) < 4.78 is 14.4. The van der Waals surface area contributed by atoms with Crippen molar-refractivity contribution in [2.75, 3.05) is 11.9 Å². The second kappa shape index (κ2) is 12.0. The predicted molar refractivity (Wildman–Crippen MR) is 138 cm³/mol. The summed E-state index contributed by atoms with van der Waals surface area (Å²) >= 11 is 0. The second-order valence-corrected chi connectivity index (χ2v) is 8.83. The summed E-state index contributed by atoms with van der Waals surface area (Å²) in [5, 5.41) is 15.7. The molecule has 0 fully saturated rings. The van der Waals surface area contributed by atoms with Crippen LogP contribution in [-0.4, -0.2) is 27.3 Å². The molecule has 0 atom stereocenters. The van der Waals surface area contributed by atoms with Gasteiger partial charge in [-0.3, -0.25) is 9.97 Å². The van der Waals surface area contributed by atoms with E-state index in [1.165, 1.54) is 6.20 Å². The SMILES string of the molecule is CC/C=C(\N=C(Nc1ccncc1F)c1cc(CNCC(C)(C)C#N)c[nH]1)c1cccc(CC)n1. The lowest BCUT2D eigenvalue weighted by molar-refractivity contribution is 0.445. The summed E-state index contributed by atoms with van der Waals surface area (Å²) in [4.78, 5) is 16.7. The van der Waals surface area contributed by atoms with E-state index < -0.39 is 11.2 Å². The van der Waals surface area contributed by atoms with Crippen LogP contribution < -0.4 is 10.6 Å². The minimum absolute atomic E-state index is 0.273. The zero-order chi connectivity index (χ0) is 25.3. The molecule has 0 aliphatic heterocycles. The van der Waals surface area contributed by atoms with Gasteiger partial charge in [0.05, 0.1) is 40.5 Å². The van der Waals surface area contributed by atoms with E-state index in [0.717, 1.165) is 36.0 Å². The minimum Gasteiger partial charge on any atom is -0.358 e. The molecule has 0 spiro atoms. The van der Waals surface area contributed by atoms with Gasteiger partial charge in [0, 0.05) is 31.2 Å². The number of hydrogen-bond acceptors (Lipinski definition) is 5. The molecular weight excluding hydrogens is 441 g/mol. The Morgan fingerprint density at radius 3 is 2.83 bits per heavy atom. The summed E-state index contributed by atoms with van der Waals surface area (Å²) in [6.45, 7) is 9.03. The Morgan fingerprint density at radius 2 is 2.11 bits per heavy atom. The second-order valence-electron chi connectivity index (χ2n) is 8.83. The van der Waals surface area contributed by atoms with Gasteiger partial charge in [0.1, 0.15) is 0 Å². The van der Waals surface area contributed by atoms with Crippen LogP contribution in [0.25, 0.3) is 5.70 Å². The van der Waals surface area contributed by atoms with Gasteiger partial charge in [-0.15, -0.1) is 0 Å². The Hall–Kier alpha value is -3.83. The number of nitrogens with zero attached hydrogens (tertiary/aromatic N) is 4. The Bertz CT molecular complexity index is 1230. The van der Waals surface area contributed by atoms with E-state index in [4.69, 9.17) is 9.98 Å². The molecule has 0 aromatic carbocycles. The van der Waals surface area contributed by atoms with Crippen molar-refractivity contribution in [2.24, 2.45) is 10.4 Å². The number of aliphatic imine (C=N–C) groups is 1. The molecule has 35 heavy (non-hydrogen) atoms. The number of rotatable bonds is 10. The van der Waals surface area contributed by atoms with Gasteiger partial charge < -0.3 is 15.6 Å². The van der Waals surface area contributed by atoms with E-state index in [-0.39, 0.29) is 5.69 Å². The number of allylic oxidation sites excluding steroid dienone is 1. The van der Waals surface area contributed by atoms with E-state index >= 15 is 0 Å². The van der Waals surface area contributed by atoms with Gasteiger partial charge in [-0.1, -0.05) is 26.0 Å². The fourth-order valence-corrected chi connectivity index (χ4v) is 3.34. The highest BCUT2D eigenvalue weighted by Gasteiger charge is 2.16. The first-order valence-electron chi connectivity index (χ1n) is 11.8. The highest BCUT2D eigenvalue weighted by Crippen LogP contribution is 2.20. The first kappa shape index (κ1) is 25.8. The molecule has 3 aromatic heterocycles. The number of halogens is 1. The van der Waals surface area contributed by atoms with Crippen molar-refractivity contribution >= 4 is 17.2 Å². The molecule has 0 saturated heterocycles. The third-order valence-corrected chi connectivity index (χ3v) is 5.28. The average molecular weight is 474 g/mol. The maximum absolute atomic E-state index is 14.4. The molecule has 0 bridgehead atoms. The van der Waals surface area contributed by atoms with Gasteiger partial charge in [0.15, 0.2) is 11.7 Å². The summed E-state index contributed by atoms with van der Waals surface area (Å²) in [6.07, 6.45) is 8.15. The van der Waals surface area contributed by atoms with Crippen LogP contribution in [0.3, 0.4) is 0 Å². The number of anilines is 1. The van der Waals surface area contributed by atoms with Gasteiger partial charge in [-0.05, 0) is 56.5 Å². The Kier molecular flexibility index (Phi) is 8.87. The largest absolute Gasteiger partial charge is 0.358 e. The van der Waals surface area contributed by atoms with Crippen LogP contribution in [0.4, 0.5) is 10.1 Å². The summed E-state index contributed by atoms with van der Waals surface area (Å²) in [5.74, 6) is -0.0124. The maximum atomic E-state index is 14.4. The number of H-pyrrole nitrogens is 1. The number of aryl methyl sites for hydroxylation is 1. The van der Waals surface area contributed by atoms with Crippen molar-refractivity contribution in [1.29, 1.82) is 5.26 Å². The van der Waals surface area contributed by atoms with E-state index in [1.54, 1.807) is 6.07 Å². The van der Waals surface area contributed by atoms with Crippen LogP contribution in [0, 0.1) is 22.6 Å². The molecule has 0 aliphatic carbocycles. The van der Waals surface area contributed by atoms with Gasteiger partial charge in [-0.25, -0.2) is 9.38 Å². The third-order valence-electron chi connectivity index (χ3n) is 5.28. The first-order valence-corrected chi connectivity index (χ1v) is 11.8. The van der Waals surface area contributed by atoms with Crippen molar-refractivity contribution in [1.82, 2.24) is 20.3 Å². The van der Waals surface area contributed by atoms with Crippen molar-refractivity contribution in [3.8, 4) is 6.07 Å². The minimum atomic E-state index is -0.473. The van der Waals surface area contributed by atoms with Crippen molar-refractivity contribution in [3.63, 3.8) is 0 Å². The van der Waals surface area contributed by atoms with Crippen LogP contribution in [0.5, 0.6) is 0 Å². The predicted octanol–water partition coefficient (Wildman–Crippen LogP) is 5.46. The van der Waals surface area contributed by atoms with E-state index in [1.807, 2.05) is 57.3 Å². The lowest BCUT2D eigenvalue weighted by atomic mass is 9.96. The number of nitriles is 1. The fourth-order valence-electron chi connectivity index (χ4n) is 3.34. The topological polar surface area (TPSA) is 102 Å². The van der Waals surface area contributed by atoms with Crippen LogP contribution in [0.15, 0.2) is 60.0 Å². The lowest BCUT2D eigenvalue weighted by Crippen LogP contribution is -2.27. The van der Waals surface area contributed by atoms with E-state index in [0.29, 0.717) is 30.3 Å². The number of hydrogen-bond donors (Lipinski definition) is 3. The van der Waals surface area contributed by atoms with Crippen LogP contribution in [-0.2, 0) is 13.0 Å². The van der Waals surface area contributed by atoms with Gasteiger partial charge >= 0.3 is 0 Å². The van der Waals surface area contributed by atoms with E-state index in [2.05, 4.69) is 33.6 Å². The Balaban J connectivity index is 1.96. The zero-order valence-electron chi connectivity index (χ0n) is 20.7. The molecule has 0 aliphatic rings. The van der Waals surface area contributed by atoms with Gasteiger partial charge in [0.25, 0.3) is 0 Å².